The third-order valence-electron chi connectivity index (χ3n) is 3.64. The van der Waals surface area contributed by atoms with Crippen LogP contribution in [-0.4, -0.2) is 42.4 Å². The lowest BCUT2D eigenvalue weighted by molar-refractivity contribution is 0.228. The van der Waals surface area contributed by atoms with Crippen LogP contribution < -0.4 is 0 Å². The van der Waals surface area contributed by atoms with Crippen molar-refractivity contribution < 1.29 is 8.42 Å². The first-order valence-corrected chi connectivity index (χ1v) is 9.85. The molecule has 1 aromatic rings. The Morgan fingerprint density at radius 3 is 2.71 bits per heavy atom. The fourth-order valence-corrected chi connectivity index (χ4v) is 5.26. The Hall–Kier alpha value is -0.720. The molecular weight excluding hydrogens is 304 g/mol. The standard InChI is InChI=1S/C15H24N2O2S2/c1-5-7-17(12-6-8-21(18,19)11-12)10-13-9-16-14(20-13)15(2,3)4/h5,9,12H,1,6-8,10-11H2,2-4H3/t12-/m1/s1. The van der Waals surface area contributed by atoms with E-state index < -0.39 is 9.84 Å². The number of rotatable bonds is 5. The van der Waals surface area contributed by atoms with Crippen molar-refractivity contribution in [2.24, 2.45) is 0 Å². The zero-order chi connectivity index (χ0) is 15.7. The summed E-state index contributed by atoms with van der Waals surface area (Å²) in [4.78, 5) is 7.90. The number of hydrogen-bond acceptors (Lipinski definition) is 5. The van der Waals surface area contributed by atoms with Crippen LogP contribution in [0.5, 0.6) is 0 Å². The molecule has 1 aliphatic rings. The average Bonchev–Trinajstić information content (AvgIpc) is 2.94. The summed E-state index contributed by atoms with van der Waals surface area (Å²) < 4.78 is 23.4. The lowest BCUT2D eigenvalue weighted by Crippen LogP contribution is -2.35. The summed E-state index contributed by atoms with van der Waals surface area (Å²) in [5.41, 5.74) is 0.0584. The summed E-state index contributed by atoms with van der Waals surface area (Å²) in [6.07, 6.45) is 4.49. The predicted octanol–water partition coefficient (Wildman–Crippen LogP) is 2.62. The van der Waals surface area contributed by atoms with Gasteiger partial charge in [-0.25, -0.2) is 13.4 Å². The summed E-state index contributed by atoms with van der Waals surface area (Å²) in [6.45, 7) is 11.7. The van der Waals surface area contributed by atoms with Crippen molar-refractivity contribution in [3.05, 3.63) is 28.7 Å². The van der Waals surface area contributed by atoms with Gasteiger partial charge in [-0.3, -0.25) is 4.90 Å². The second kappa shape index (κ2) is 6.18. The maximum atomic E-state index is 11.7. The smallest absolute Gasteiger partial charge is 0.151 e. The van der Waals surface area contributed by atoms with E-state index in [1.54, 1.807) is 11.3 Å². The molecule has 2 heterocycles. The highest BCUT2D eigenvalue weighted by molar-refractivity contribution is 7.91. The molecule has 0 aromatic carbocycles. The van der Waals surface area contributed by atoms with Gasteiger partial charge in [0.25, 0.3) is 0 Å². The molecule has 0 saturated carbocycles. The SMILES string of the molecule is C=CCN(Cc1cnc(C(C)(C)C)s1)[C@@H]1CCS(=O)(=O)C1. The molecule has 0 radical (unpaired) electrons. The molecule has 1 aromatic heterocycles. The van der Waals surface area contributed by atoms with Crippen LogP contribution in [0.15, 0.2) is 18.9 Å². The summed E-state index contributed by atoms with van der Waals surface area (Å²) in [5.74, 6) is 0.576. The topological polar surface area (TPSA) is 50.3 Å². The highest BCUT2D eigenvalue weighted by Crippen LogP contribution is 2.28. The van der Waals surface area contributed by atoms with Gasteiger partial charge in [-0.2, -0.15) is 0 Å². The second-order valence-corrected chi connectivity index (χ2v) is 10.0. The molecule has 0 N–H and O–H groups in total. The molecule has 21 heavy (non-hydrogen) atoms. The monoisotopic (exact) mass is 328 g/mol. The normalized spacial score (nSPS) is 21.8. The molecule has 1 fully saturated rings. The van der Waals surface area contributed by atoms with E-state index in [2.05, 4.69) is 37.2 Å². The van der Waals surface area contributed by atoms with Gasteiger partial charge in [0.05, 0.1) is 16.5 Å². The van der Waals surface area contributed by atoms with E-state index in [4.69, 9.17) is 0 Å². The Balaban J connectivity index is 2.10. The van der Waals surface area contributed by atoms with Gasteiger partial charge in [0, 0.05) is 35.6 Å². The molecule has 2 rings (SSSR count). The van der Waals surface area contributed by atoms with Crippen LogP contribution in [0.4, 0.5) is 0 Å². The van der Waals surface area contributed by atoms with Crippen molar-refractivity contribution >= 4 is 21.2 Å². The summed E-state index contributed by atoms with van der Waals surface area (Å²) >= 11 is 1.72. The van der Waals surface area contributed by atoms with E-state index in [9.17, 15) is 8.42 Å². The van der Waals surface area contributed by atoms with E-state index in [0.29, 0.717) is 12.3 Å². The van der Waals surface area contributed by atoms with Gasteiger partial charge in [-0.1, -0.05) is 26.8 Å². The van der Waals surface area contributed by atoms with Crippen LogP contribution in [0, 0.1) is 0 Å². The van der Waals surface area contributed by atoms with Crippen LogP contribution in [0.25, 0.3) is 0 Å². The zero-order valence-electron chi connectivity index (χ0n) is 13.0. The number of hydrogen-bond donors (Lipinski definition) is 0. The van der Waals surface area contributed by atoms with Crippen molar-refractivity contribution in [2.75, 3.05) is 18.1 Å². The molecule has 0 amide bonds. The van der Waals surface area contributed by atoms with Gasteiger partial charge in [-0.15, -0.1) is 17.9 Å². The average molecular weight is 329 g/mol. The quantitative estimate of drug-likeness (QED) is 0.780. The van der Waals surface area contributed by atoms with Gasteiger partial charge in [0.2, 0.25) is 0 Å². The molecule has 0 unspecified atom stereocenters. The lowest BCUT2D eigenvalue weighted by Gasteiger charge is -2.26. The van der Waals surface area contributed by atoms with Crippen molar-refractivity contribution in [3.8, 4) is 0 Å². The molecule has 1 aliphatic heterocycles. The largest absolute Gasteiger partial charge is 0.291 e. The fraction of sp³-hybridized carbons (Fsp3) is 0.667. The van der Waals surface area contributed by atoms with Crippen LogP contribution in [0.2, 0.25) is 0 Å². The lowest BCUT2D eigenvalue weighted by atomic mass is 9.98. The van der Waals surface area contributed by atoms with Crippen molar-refractivity contribution in [1.82, 2.24) is 9.88 Å². The fourth-order valence-electron chi connectivity index (χ4n) is 2.50. The van der Waals surface area contributed by atoms with Crippen molar-refractivity contribution in [2.45, 2.75) is 45.2 Å². The number of thiazole rings is 1. The second-order valence-electron chi connectivity index (χ2n) is 6.66. The number of sulfone groups is 1. The van der Waals surface area contributed by atoms with E-state index in [1.165, 1.54) is 4.88 Å². The maximum Gasteiger partial charge on any atom is 0.151 e. The van der Waals surface area contributed by atoms with E-state index in [-0.39, 0.29) is 17.2 Å². The first-order chi connectivity index (χ1) is 9.71. The minimum Gasteiger partial charge on any atom is -0.291 e. The molecule has 1 atom stereocenters. The van der Waals surface area contributed by atoms with Gasteiger partial charge in [0.1, 0.15) is 0 Å². The van der Waals surface area contributed by atoms with Gasteiger partial charge in [-0.05, 0) is 6.42 Å². The van der Waals surface area contributed by atoms with E-state index >= 15 is 0 Å². The van der Waals surface area contributed by atoms with Crippen molar-refractivity contribution in [3.63, 3.8) is 0 Å². The zero-order valence-corrected chi connectivity index (χ0v) is 14.6. The first kappa shape index (κ1) is 16.6. The van der Waals surface area contributed by atoms with Crippen LogP contribution in [0.3, 0.4) is 0 Å². The van der Waals surface area contributed by atoms with Gasteiger partial charge < -0.3 is 0 Å². The molecule has 4 nitrogen and oxygen atoms in total. The van der Waals surface area contributed by atoms with Crippen LogP contribution in [-0.2, 0) is 21.8 Å². The highest BCUT2D eigenvalue weighted by atomic mass is 32.2. The summed E-state index contributed by atoms with van der Waals surface area (Å²) in [7, 11) is -2.86. The Bertz CT molecular complexity index is 599. The predicted molar refractivity (Wildman–Crippen MR) is 88.5 cm³/mol. The number of nitrogens with zero attached hydrogens (tertiary/aromatic N) is 2. The third kappa shape index (κ3) is 4.37. The van der Waals surface area contributed by atoms with Gasteiger partial charge in [0.15, 0.2) is 9.84 Å². The maximum absolute atomic E-state index is 11.7. The first-order valence-electron chi connectivity index (χ1n) is 7.22. The molecule has 118 valence electrons. The Morgan fingerprint density at radius 2 is 2.24 bits per heavy atom. The molecule has 1 saturated heterocycles. The minimum atomic E-state index is -2.86. The molecule has 6 heteroatoms. The van der Waals surface area contributed by atoms with Gasteiger partial charge >= 0.3 is 0 Å². The van der Waals surface area contributed by atoms with Crippen LogP contribution >= 0.6 is 11.3 Å². The third-order valence-corrected chi connectivity index (χ3v) is 6.80. The van der Waals surface area contributed by atoms with Crippen LogP contribution in [0.1, 0.15) is 37.1 Å². The van der Waals surface area contributed by atoms with E-state index in [0.717, 1.165) is 18.0 Å². The highest BCUT2D eigenvalue weighted by Gasteiger charge is 2.32. The minimum absolute atomic E-state index is 0.0584. The van der Waals surface area contributed by atoms with E-state index in [1.807, 2.05) is 12.3 Å². The summed E-state index contributed by atoms with van der Waals surface area (Å²) in [6, 6.07) is 0.105. The molecular formula is C15H24N2O2S2. The molecule has 0 spiro atoms. The Labute approximate surface area is 131 Å². The summed E-state index contributed by atoms with van der Waals surface area (Å²) in [5, 5.41) is 1.12. The Kier molecular flexibility index (Phi) is 4.90. The molecule has 0 aliphatic carbocycles. The van der Waals surface area contributed by atoms with Crippen molar-refractivity contribution in [1.29, 1.82) is 0 Å². The Morgan fingerprint density at radius 1 is 1.52 bits per heavy atom. The molecule has 0 bridgehead atoms. The number of aromatic nitrogens is 1.